The van der Waals surface area contributed by atoms with E-state index in [1.807, 2.05) is 42.3 Å². The summed E-state index contributed by atoms with van der Waals surface area (Å²) < 4.78 is 32.8. The molecular weight excluding hydrogens is 350 g/mol. The molecule has 0 saturated carbocycles. The second-order valence-electron chi connectivity index (χ2n) is 6.09. The Bertz CT molecular complexity index is 843. The van der Waals surface area contributed by atoms with E-state index in [0.717, 1.165) is 29.9 Å². The Balaban J connectivity index is 1.66. The summed E-state index contributed by atoms with van der Waals surface area (Å²) in [6.07, 6.45) is 0. The van der Waals surface area contributed by atoms with Gasteiger partial charge in [0, 0.05) is 6.54 Å². The van der Waals surface area contributed by atoms with E-state index in [4.69, 9.17) is 4.74 Å². The van der Waals surface area contributed by atoms with E-state index in [0.29, 0.717) is 13.2 Å². The van der Waals surface area contributed by atoms with Gasteiger partial charge in [-0.15, -0.1) is 0 Å². The molecule has 0 unspecified atom stereocenters. The number of morpholine rings is 1. The lowest BCUT2D eigenvalue weighted by atomic mass is 10.1. The standard InChI is InChI=1S/C19H23N3O3S/c1-16(21-22-11-13-25-14-12-22)18-7-9-19(10-8-18)26(23,24)20-15-17-5-3-2-4-6-17/h2-10,20H,11-15H2,1H3. The van der Waals surface area contributed by atoms with Crippen LogP contribution >= 0.6 is 0 Å². The number of nitrogens with one attached hydrogen (secondary N) is 1. The highest BCUT2D eigenvalue weighted by Crippen LogP contribution is 2.13. The molecule has 2 aromatic rings. The number of ether oxygens (including phenoxy) is 1. The summed E-state index contributed by atoms with van der Waals surface area (Å²) in [5, 5.41) is 6.56. The number of sulfonamides is 1. The van der Waals surface area contributed by atoms with Crippen LogP contribution in [0.15, 0.2) is 64.6 Å². The van der Waals surface area contributed by atoms with E-state index in [2.05, 4.69) is 9.82 Å². The molecule has 0 atom stereocenters. The van der Waals surface area contributed by atoms with Crippen molar-refractivity contribution < 1.29 is 13.2 Å². The predicted octanol–water partition coefficient (Wildman–Crippen LogP) is 2.22. The molecule has 138 valence electrons. The third kappa shape index (κ3) is 4.91. The van der Waals surface area contributed by atoms with Crippen molar-refractivity contribution in [3.63, 3.8) is 0 Å². The maximum absolute atomic E-state index is 12.4. The van der Waals surface area contributed by atoms with Gasteiger partial charge in [0.05, 0.1) is 36.9 Å². The summed E-state index contributed by atoms with van der Waals surface area (Å²) in [5.74, 6) is 0. The molecule has 2 aromatic carbocycles. The van der Waals surface area contributed by atoms with Crippen LogP contribution in [0.4, 0.5) is 0 Å². The molecule has 1 N–H and O–H groups in total. The molecule has 1 fully saturated rings. The van der Waals surface area contributed by atoms with Gasteiger partial charge in [0.25, 0.3) is 0 Å². The second kappa shape index (κ2) is 8.44. The number of hydrazone groups is 1. The summed E-state index contributed by atoms with van der Waals surface area (Å²) in [6, 6.07) is 16.2. The van der Waals surface area contributed by atoms with Gasteiger partial charge >= 0.3 is 0 Å². The molecule has 7 heteroatoms. The SMILES string of the molecule is CC(=NN1CCOCC1)c1ccc(S(=O)(=O)NCc2ccccc2)cc1. The van der Waals surface area contributed by atoms with Gasteiger partial charge in [-0.05, 0) is 30.2 Å². The molecule has 0 bridgehead atoms. The first-order valence-corrected chi connectivity index (χ1v) is 10.0. The molecule has 1 aliphatic heterocycles. The summed E-state index contributed by atoms with van der Waals surface area (Å²) >= 11 is 0. The Labute approximate surface area is 154 Å². The van der Waals surface area contributed by atoms with E-state index in [1.54, 1.807) is 24.3 Å². The maximum Gasteiger partial charge on any atom is 0.240 e. The van der Waals surface area contributed by atoms with Gasteiger partial charge in [-0.25, -0.2) is 13.1 Å². The van der Waals surface area contributed by atoms with Crippen molar-refractivity contribution in [3.05, 3.63) is 65.7 Å². The van der Waals surface area contributed by atoms with Gasteiger partial charge < -0.3 is 4.74 Å². The van der Waals surface area contributed by atoms with Gasteiger partial charge in [0.2, 0.25) is 10.0 Å². The Morgan fingerprint density at radius 3 is 2.38 bits per heavy atom. The van der Waals surface area contributed by atoms with Crippen LogP contribution in [-0.4, -0.2) is 45.4 Å². The van der Waals surface area contributed by atoms with Crippen LogP contribution in [0.1, 0.15) is 18.1 Å². The van der Waals surface area contributed by atoms with Crippen LogP contribution in [0.25, 0.3) is 0 Å². The zero-order valence-corrected chi connectivity index (χ0v) is 15.6. The molecule has 6 nitrogen and oxygen atoms in total. The van der Waals surface area contributed by atoms with E-state index < -0.39 is 10.0 Å². The van der Waals surface area contributed by atoms with Gasteiger partial charge in [-0.2, -0.15) is 5.10 Å². The number of hydrogen-bond acceptors (Lipinski definition) is 5. The van der Waals surface area contributed by atoms with Crippen LogP contribution in [0.5, 0.6) is 0 Å². The molecule has 0 radical (unpaired) electrons. The molecule has 0 aliphatic carbocycles. The highest BCUT2D eigenvalue weighted by molar-refractivity contribution is 7.89. The molecule has 0 spiro atoms. The largest absolute Gasteiger partial charge is 0.378 e. The molecule has 26 heavy (non-hydrogen) atoms. The quantitative estimate of drug-likeness (QED) is 0.788. The third-order valence-electron chi connectivity index (χ3n) is 4.17. The highest BCUT2D eigenvalue weighted by Gasteiger charge is 2.14. The fraction of sp³-hybridized carbons (Fsp3) is 0.316. The summed E-state index contributed by atoms with van der Waals surface area (Å²) in [4.78, 5) is 0.247. The topological polar surface area (TPSA) is 71.0 Å². The summed E-state index contributed by atoms with van der Waals surface area (Å²) in [5.41, 5.74) is 2.67. The molecule has 3 rings (SSSR count). The first-order valence-electron chi connectivity index (χ1n) is 8.56. The van der Waals surface area contributed by atoms with Gasteiger partial charge in [-0.3, -0.25) is 5.01 Å². The molecule has 0 aromatic heterocycles. The first-order chi connectivity index (χ1) is 12.5. The lowest BCUT2D eigenvalue weighted by molar-refractivity contribution is 0.0393. The monoisotopic (exact) mass is 373 g/mol. The molecule has 1 saturated heterocycles. The molecular formula is C19H23N3O3S. The minimum atomic E-state index is -3.54. The molecule has 1 aliphatic rings. The average Bonchev–Trinajstić information content (AvgIpc) is 2.68. The minimum absolute atomic E-state index is 0.247. The first kappa shape index (κ1) is 18.6. The normalized spacial score (nSPS) is 15.9. The summed E-state index contributed by atoms with van der Waals surface area (Å²) in [7, 11) is -3.54. The lowest BCUT2D eigenvalue weighted by Crippen LogP contribution is -2.33. The number of hydrogen-bond donors (Lipinski definition) is 1. The van der Waals surface area contributed by atoms with Gasteiger partial charge in [0.1, 0.15) is 0 Å². The highest BCUT2D eigenvalue weighted by atomic mass is 32.2. The van der Waals surface area contributed by atoms with Crippen LogP contribution in [0, 0.1) is 0 Å². The van der Waals surface area contributed by atoms with E-state index in [1.165, 1.54) is 0 Å². The second-order valence-corrected chi connectivity index (χ2v) is 7.85. The third-order valence-corrected chi connectivity index (χ3v) is 5.59. The summed E-state index contributed by atoms with van der Waals surface area (Å²) in [6.45, 7) is 5.09. The maximum atomic E-state index is 12.4. The van der Waals surface area contributed by atoms with E-state index >= 15 is 0 Å². The average molecular weight is 373 g/mol. The van der Waals surface area contributed by atoms with Crippen molar-refractivity contribution >= 4 is 15.7 Å². The lowest BCUT2D eigenvalue weighted by Gasteiger charge is -2.24. The zero-order valence-electron chi connectivity index (χ0n) is 14.8. The van der Waals surface area contributed by atoms with Crippen LogP contribution < -0.4 is 4.72 Å². The van der Waals surface area contributed by atoms with Crippen LogP contribution in [0.3, 0.4) is 0 Å². The van der Waals surface area contributed by atoms with Crippen LogP contribution in [-0.2, 0) is 21.3 Å². The van der Waals surface area contributed by atoms with Crippen molar-refractivity contribution in [1.82, 2.24) is 9.73 Å². The Kier molecular flexibility index (Phi) is 6.03. The Morgan fingerprint density at radius 1 is 1.08 bits per heavy atom. The van der Waals surface area contributed by atoms with Crippen molar-refractivity contribution in [2.75, 3.05) is 26.3 Å². The minimum Gasteiger partial charge on any atom is -0.378 e. The fourth-order valence-corrected chi connectivity index (χ4v) is 3.67. The Hall–Kier alpha value is -2.22. The molecule has 0 amide bonds. The number of nitrogens with zero attached hydrogens (tertiary/aromatic N) is 2. The van der Waals surface area contributed by atoms with E-state index in [-0.39, 0.29) is 11.4 Å². The van der Waals surface area contributed by atoms with Gasteiger partial charge in [0.15, 0.2) is 0 Å². The van der Waals surface area contributed by atoms with Crippen LogP contribution in [0.2, 0.25) is 0 Å². The smallest absolute Gasteiger partial charge is 0.240 e. The van der Waals surface area contributed by atoms with E-state index in [9.17, 15) is 8.42 Å². The molecule has 1 heterocycles. The van der Waals surface area contributed by atoms with Crippen molar-refractivity contribution in [2.24, 2.45) is 5.10 Å². The van der Waals surface area contributed by atoms with Crippen molar-refractivity contribution in [1.29, 1.82) is 0 Å². The van der Waals surface area contributed by atoms with Crippen molar-refractivity contribution in [3.8, 4) is 0 Å². The number of rotatable bonds is 6. The Morgan fingerprint density at radius 2 is 1.73 bits per heavy atom. The van der Waals surface area contributed by atoms with Crippen molar-refractivity contribution in [2.45, 2.75) is 18.4 Å². The predicted molar refractivity (Wildman–Crippen MR) is 102 cm³/mol. The zero-order chi connectivity index (χ0) is 18.4. The number of benzene rings is 2. The van der Waals surface area contributed by atoms with Gasteiger partial charge in [-0.1, -0.05) is 42.5 Å². The fourth-order valence-electron chi connectivity index (χ4n) is 2.66.